The van der Waals surface area contributed by atoms with Crippen LogP contribution in [0.2, 0.25) is 5.02 Å². The van der Waals surface area contributed by atoms with Crippen LogP contribution in [0.25, 0.3) is 0 Å². The highest BCUT2D eigenvalue weighted by molar-refractivity contribution is 6.32. The van der Waals surface area contributed by atoms with Crippen LogP contribution in [0, 0.1) is 12.7 Å². The minimum absolute atomic E-state index is 0.184. The van der Waals surface area contributed by atoms with Crippen molar-refractivity contribution in [1.29, 1.82) is 0 Å². The van der Waals surface area contributed by atoms with Crippen LogP contribution in [0.5, 0.6) is 0 Å². The number of benzene rings is 1. The number of hydrogen-bond donors (Lipinski definition) is 0. The molecule has 1 atom stereocenters. The van der Waals surface area contributed by atoms with Crippen molar-refractivity contribution in [3.63, 3.8) is 0 Å². The summed E-state index contributed by atoms with van der Waals surface area (Å²) in [5.41, 5.74) is 1.35. The number of aryl methyl sites for hydroxylation is 1. The van der Waals surface area contributed by atoms with Crippen molar-refractivity contribution in [3.05, 3.63) is 34.1 Å². The number of alkyl halides is 1. The molecule has 1 rings (SSSR count). The molecule has 0 amide bonds. The van der Waals surface area contributed by atoms with E-state index in [-0.39, 0.29) is 11.2 Å². The summed E-state index contributed by atoms with van der Waals surface area (Å²) in [6.07, 6.45) is 0. The van der Waals surface area contributed by atoms with Crippen LogP contribution in [0.1, 0.15) is 23.4 Å². The molecule has 0 radical (unpaired) electrons. The van der Waals surface area contributed by atoms with Gasteiger partial charge < -0.3 is 0 Å². The Morgan fingerprint density at radius 1 is 1.42 bits per heavy atom. The molecule has 0 aliphatic heterocycles. The normalized spacial score (nSPS) is 13.1. The van der Waals surface area contributed by atoms with Gasteiger partial charge in [0.1, 0.15) is 5.82 Å². The van der Waals surface area contributed by atoms with Gasteiger partial charge in [-0.05, 0) is 31.0 Å². The van der Waals surface area contributed by atoms with E-state index in [1.807, 2.05) is 0 Å². The monoisotopic (exact) mass is 206 g/mol. The van der Waals surface area contributed by atoms with Gasteiger partial charge in [0.15, 0.2) is 0 Å². The fourth-order valence-electron chi connectivity index (χ4n) is 0.984. The predicted octanol–water partition coefficient (Wildman–Crippen LogP) is 4.09. The van der Waals surface area contributed by atoms with E-state index >= 15 is 0 Å². The van der Waals surface area contributed by atoms with Crippen LogP contribution in [-0.2, 0) is 0 Å². The number of rotatable bonds is 1. The molecule has 0 heterocycles. The smallest absolute Gasteiger partial charge is 0.127 e. The van der Waals surface area contributed by atoms with Crippen molar-refractivity contribution in [2.75, 3.05) is 0 Å². The Kier molecular flexibility index (Phi) is 2.97. The van der Waals surface area contributed by atoms with Gasteiger partial charge >= 0.3 is 0 Å². The van der Waals surface area contributed by atoms with Crippen molar-refractivity contribution < 1.29 is 4.39 Å². The van der Waals surface area contributed by atoms with E-state index in [4.69, 9.17) is 23.2 Å². The van der Waals surface area contributed by atoms with Crippen molar-refractivity contribution in [1.82, 2.24) is 0 Å². The third kappa shape index (κ3) is 1.90. The molecule has 0 aliphatic carbocycles. The number of halogens is 3. The molecule has 1 unspecified atom stereocenters. The summed E-state index contributed by atoms with van der Waals surface area (Å²) in [6.45, 7) is 3.49. The standard InChI is InChI=1S/C9H9Cl2F/c1-5-3-7(6(2)10)8(11)4-9(5)12/h3-4,6H,1-2H3. The van der Waals surface area contributed by atoms with Gasteiger partial charge in [-0.15, -0.1) is 11.6 Å². The minimum atomic E-state index is -0.291. The van der Waals surface area contributed by atoms with Crippen LogP contribution >= 0.6 is 23.2 Å². The van der Waals surface area contributed by atoms with Gasteiger partial charge in [-0.3, -0.25) is 0 Å². The first kappa shape index (κ1) is 9.82. The van der Waals surface area contributed by atoms with Crippen molar-refractivity contribution in [2.24, 2.45) is 0 Å². The van der Waals surface area contributed by atoms with Crippen LogP contribution in [0.3, 0.4) is 0 Å². The maximum Gasteiger partial charge on any atom is 0.127 e. The molecular weight excluding hydrogens is 198 g/mol. The highest BCUT2D eigenvalue weighted by Crippen LogP contribution is 2.29. The zero-order valence-electron chi connectivity index (χ0n) is 6.87. The first-order valence-corrected chi connectivity index (χ1v) is 4.43. The average molecular weight is 207 g/mol. The van der Waals surface area contributed by atoms with Crippen molar-refractivity contribution in [2.45, 2.75) is 19.2 Å². The summed E-state index contributed by atoms with van der Waals surface area (Å²) in [5, 5.41) is 0.206. The van der Waals surface area contributed by atoms with Crippen LogP contribution in [0.15, 0.2) is 12.1 Å². The first-order valence-electron chi connectivity index (χ1n) is 3.62. The molecule has 1 aromatic rings. The summed E-state index contributed by atoms with van der Waals surface area (Å²) in [4.78, 5) is 0. The molecule has 0 bridgehead atoms. The maximum absolute atomic E-state index is 12.9. The van der Waals surface area contributed by atoms with E-state index in [1.54, 1.807) is 19.9 Å². The largest absolute Gasteiger partial charge is 0.207 e. The molecule has 0 fully saturated rings. The van der Waals surface area contributed by atoms with Crippen LogP contribution in [-0.4, -0.2) is 0 Å². The Labute approximate surface area is 81.3 Å². The Balaban J connectivity index is 3.23. The van der Waals surface area contributed by atoms with E-state index in [1.165, 1.54) is 6.07 Å². The fourth-order valence-corrected chi connectivity index (χ4v) is 1.53. The second-order valence-electron chi connectivity index (χ2n) is 2.74. The molecule has 0 aliphatic rings. The van der Waals surface area contributed by atoms with Gasteiger partial charge in [0.05, 0.1) is 5.38 Å². The zero-order valence-corrected chi connectivity index (χ0v) is 8.38. The fraction of sp³-hybridized carbons (Fsp3) is 0.333. The Bertz CT molecular complexity index is 295. The summed E-state index contributed by atoms with van der Waals surface area (Å²) in [7, 11) is 0. The molecule has 0 saturated heterocycles. The lowest BCUT2D eigenvalue weighted by Crippen LogP contribution is -1.90. The van der Waals surface area contributed by atoms with Gasteiger partial charge in [0.25, 0.3) is 0 Å². The number of hydrogen-bond acceptors (Lipinski definition) is 0. The second-order valence-corrected chi connectivity index (χ2v) is 3.80. The Morgan fingerprint density at radius 2 is 2.00 bits per heavy atom. The van der Waals surface area contributed by atoms with Crippen molar-refractivity contribution in [3.8, 4) is 0 Å². The predicted molar refractivity (Wildman–Crippen MR) is 50.4 cm³/mol. The van der Waals surface area contributed by atoms with Gasteiger partial charge in [-0.2, -0.15) is 0 Å². The SMILES string of the molecule is Cc1cc(C(C)Cl)c(Cl)cc1F. The summed E-state index contributed by atoms with van der Waals surface area (Å²) < 4.78 is 12.9. The van der Waals surface area contributed by atoms with E-state index in [9.17, 15) is 4.39 Å². The lowest BCUT2D eigenvalue weighted by atomic mass is 10.1. The van der Waals surface area contributed by atoms with Crippen LogP contribution in [0.4, 0.5) is 4.39 Å². The van der Waals surface area contributed by atoms with E-state index in [0.29, 0.717) is 10.6 Å². The van der Waals surface area contributed by atoms with Gasteiger partial charge in [0, 0.05) is 5.02 Å². The molecule has 0 spiro atoms. The lowest BCUT2D eigenvalue weighted by molar-refractivity contribution is 0.617. The zero-order chi connectivity index (χ0) is 9.30. The second kappa shape index (κ2) is 3.63. The maximum atomic E-state index is 12.9. The summed E-state index contributed by atoms with van der Waals surface area (Å²) in [5.74, 6) is -0.291. The van der Waals surface area contributed by atoms with Crippen molar-refractivity contribution >= 4 is 23.2 Å². The molecule has 1 aromatic carbocycles. The molecule has 66 valence electrons. The minimum Gasteiger partial charge on any atom is -0.207 e. The molecule has 0 nitrogen and oxygen atoms in total. The average Bonchev–Trinajstić information content (AvgIpc) is 1.96. The molecular formula is C9H9Cl2F. The highest BCUT2D eigenvalue weighted by atomic mass is 35.5. The molecule has 12 heavy (non-hydrogen) atoms. The van der Waals surface area contributed by atoms with Gasteiger partial charge in [-0.25, -0.2) is 4.39 Å². The third-order valence-corrected chi connectivity index (χ3v) is 2.27. The molecule has 0 saturated carbocycles. The summed E-state index contributed by atoms with van der Waals surface area (Å²) in [6, 6.07) is 2.97. The van der Waals surface area contributed by atoms with Gasteiger partial charge in [0.2, 0.25) is 0 Å². The molecule has 3 heteroatoms. The van der Waals surface area contributed by atoms with E-state index in [2.05, 4.69) is 0 Å². The van der Waals surface area contributed by atoms with Crippen LogP contribution < -0.4 is 0 Å². The van der Waals surface area contributed by atoms with E-state index in [0.717, 1.165) is 5.56 Å². The molecule has 0 aromatic heterocycles. The summed E-state index contributed by atoms with van der Waals surface area (Å²) >= 11 is 11.6. The highest BCUT2D eigenvalue weighted by Gasteiger charge is 2.09. The van der Waals surface area contributed by atoms with E-state index < -0.39 is 0 Å². The lowest BCUT2D eigenvalue weighted by Gasteiger charge is -2.07. The Hall–Kier alpha value is -0.270. The quantitative estimate of drug-likeness (QED) is 0.608. The Morgan fingerprint density at radius 3 is 2.50 bits per heavy atom. The third-order valence-electron chi connectivity index (χ3n) is 1.71. The first-order chi connectivity index (χ1) is 5.52. The molecule has 0 N–H and O–H groups in total. The topological polar surface area (TPSA) is 0 Å². The van der Waals surface area contributed by atoms with Gasteiger partial charge in [-0.1, -0.05) is 17.7 Å².